The number of ether oxygens (including phenoxy) is 1. The number of hydrogen-bond donors (Lipinski definition) is 0. The van der Waals surface area contributed by atoms with Gasteiger partial charge in [-0.3, -0.25) is 9.59 Å². The third kappa shape index (κ3) is 4.06. The molecule has 6 nitrogen and oxygen atoms in total. The molecule has 2 aromatic carbocycles. The molecule has 1 aliphatic heterocycles. The third-order valence-corrected chi connectivity index (χ3v) is 5.08. The molecule has 3 rings (SSSR count). The number of rotatable bonds is 4. The summed E-state index contributed by atoms with van der Waals surface area (Å²) in [6, 6.07) is 14.1. The number of carbonyl (C=O) groups is 3. The number of benzene rings is 2. The molecular weight excluding hydrogens is 356 g/mol. The van der Waals surface area contributed by atoms with Crippen LogP contribution >= 0.6 is 0 Å². The molecule has 146 valence electrons. The zero-order valence-corrected chi connectivity index (χ0v) is 16.3. The smallest absolute Gasteiger partial charge is 0.337 e. The third-order valence-electron chi connectivity index (χ3n) is 5.08. The molecule has 0 bridgehead atoms. The number of ketones is 1. The monoisotopic (exact) mass is 380 g/mol. The molecule has 0 N–H and O–H groups in total. The van der Waals surface area contributed by atoms with Crippen molar-refractivity contribution in [2.75, 3.05) is 31.6 Å². The Morgan fingerprint density at radius 1 is 0.893 bits per heavy atom. The summed E-state index contributed by atoms with van der Waals surface area (Å²) >= 11 is 0. The minimum Gasteiger partial charge on any atom is -0.465 e. The van der Waals surface area contributed by atoms with E-state index in [2.05, 4.69) is 4.90 Å². The van der Waals surface area contributed by atoms with Gasteiger partial charge in [0.2, 0.25) is 0 Å². The van der Waals surface area contributed by atoms with Crippen LogP contribution in [0.15, 0.2) is 48.5 Å². The molecule has 1 aliphatic rings. The first kappa shape index (κ1) is 19.6. The van der Waals surface area contributed by atoms with Crippen LogP contribution in [0.5, 0.6) is 0 Å². The summed E-state index contributed by atoms with van der Waals surface area (Å²) in [5.41, 5.74) is 2.72. The Bertz CT molecular complexity index is 874. The van der Waals surface area contributed by atoms with Crippen LogP contribution in [0.4, 0.5) is 5.69 Å². The van der Waals surface area contributed by atoms with Gasteiger partial charge in [-0.05, 0) is 50.2 Å². The Hall–Kier alpha value is -3.15. The fourth-order valence-corrected chi connectivity index (χ4v) is 3.43. The van der Waals surface area contributed by atoms with Crippen LogP contribution in [-0.2, 0) is 4.74 Å². The Kier molecular flexibility index (Phi) is 5.78. The molecule has 0 aliphatic carbocycles. The number of carbonyl (C=O) groups excluding carboxylic acids is 3. The highest BCUT2D eigenvalue weighted by atomic mass is 16.5. The number of Topliss-reactive ketones (excluding diaryl/α,β-unsaturated/α-hetero) is 1. The SMILES string of the molecule is COC(=O)c1ccc(N2CCN(C(=O)c3ccc(C(C)=O)cc3)C(C)C2)cc1. The topological polar surface area (TPSA) is 66.9 Å². The van der Waals surface area contributed by atoms with Gasteiger partial charge < -0.3 is 14.5 Å². The molecule has 0 saturated carbocycles. The maximum atomic E-state index is 12.9. The van der Waals surface area contributed by atoms with Crippen LogP contribution < -0.4 is 4.90 Å². The van der Waals surface area contributed by atoms with Crippen molar-refractivity contribution in [2.45, 2.75) is 19.9 Å². The number of piperazine rings is 1. The molecule has 1 amide bonds. The minimum absolute atomic E-state index is 0.0146. The summed E-state index contributed by atoms with van der Waals surface area (Å²) in [7, 11) is 1.36. The summed E-state index contributed by atoms with van der Waals surface area (Å²) in [5.74, 6) is -0.395. The van der Waals surface area contributed by atoms with Gasteiger partial charge in [-0.2, -0.15) is 0 Å². The van der Waals surface area contributed by atoms with E-state index in [1.165, 1.54) is 14.0 Å². The highest BCUT2D eigenvalue weighted by Crippen LogP contribution is 2.21. The highest BCUT2D eigenvalue weighted by molar-refractivity contribution is 5.98. The number of esters is 1. The van der Waals surface area contributed by atoms with Gasteiger partial charge in [0, 0.05) is 42.5 Å². The van der Waals surface area contributed by atoms with Crippen LogP contribution in [0.3, 0.4) is 0 Å². The maximum absolute atomic E-state index is 12.9. The lowest BCUT2D eigenvalue weighted by atomic mass is 10.1. The molecule has 1 atom stereocenters. The zero-order valence-electron chi connectivity index (χ0n) is 16.3. The minimum atomic E-state index is -0.355. The first-order valence-electron chi connectivity index (χ1n) is 9.26. The average Bonchev–Trinajstić information content (AvgIpc) is 2.72. The van der Waals surface area contributed by atoms with E-state index in [1.54, 1.807) is 36.4 Å². The van der Waals surface area contributed by atoms with Crippen molar-refractivity contribution in [3.8, 4) is 0 Å². The van der Waals surface area contributed by atoms with Gasteiger partial charge in [0.1, 0.15) is 0 Å². The van der Waals surface area contributed by atoms with Crippen molar-refractivity contribution in [2.24, 2.45) is 0 Å². The Morgan fingerprint density at radius 2 is 1.46 bits per heavy atom. The van der Waals surface area contributed by atoms with E-state index in [0.29, 0.717) is 36.3 Å². The second kappa shape index (κ2) is 8.25. The van der Waals surface area contributed by atoms with Crippen LogP contribution in [0.25, 0.3) is 0 Å². The number of methoxy groups -OCH3 is 1. The molecule has 0 radical (unpaired) electrons. The molecular formula is C22H24N2O4. The van der Waals surface area contributed by atoms with E-state index in [4.69, 9.17) is 4.74 Å². The average molecular weight is 380 g/mol. The quantitative estimate of drug-likeness (QED) is 0.603. The van der Waals surface area contributed by atoms with Crippen molar-refractivity contribution in [3.05, 3.63) is 65.2 Å². The second-order valence-corrected chi connectivity index (χ2v) is 6.97. The predicted octanol–water partition coefficient (Wildman–Crippen LogP) is 3.03. The van der Waals surface area contributed by atoms with Crippen molar-refractivity contribution in [1.82, 2.24) is 4.90 Å². The molecule has 1 saturated heterocycles. The summed E-state index contributed by atoms with van der Waals surface area (Å²) < 4.78 is 4.73. The Labute approximate surface area is 164 Å². The number of anilines is 1. The van der Waals surface area contributed by atoms with Crippen LogP contribution in [-0.4, -0.2) is 55.3 Å². The number of nitrogens with zero attached hydrogens (tertiary/aromatic N) is 2. The lowest BCUT2D eigenvalue weighted by Crippen LogP contribution is -2.54. The molecule has 0 aromatic heterocycles. The zero-order chi connectivity index (χ0) is 20.3. The predicted molar refractivity (Wildman–Crippen MR) is 107 cm³/mol. The van der Waals surface area contributed by atoms with E-state index in [-0.39, 0.29) is 23.7 Å². The van der Waals surface area contributed by atoms with Gasteiger partial charge in [0.25, 0.3) is 5.91 Å². The van der Waals surface area contributed by atoms with Gasteiger partial charge >= 0.3 is 5.97 Å². The Morgan fingerprint density at radius 3 is 2.00 bits per heavy atom. The number of amides is 1. The van der Waals surface area contributed by atoms with Crippen LogP contribution in [0, 0.1) is 0 Å². The van der Waals surface area contributed by atoms with Gasteiger partial charge in [0.05, 0.1) is 12.7 Å². The molecule has 0 spiro atoms. The molecule has 1 fully saturated rings. The van der Waals surface area contributed by atoms with Crippen molar-refractivity contribution in [3.63, 3.8) is 0 Å². The van der Waals surface area contributed by atoms with Gasteiger partial charge in [0.15, 0.2) is 5.78 Å². The largest absolute Gasteiger partial charge is 0.465 e. The summed E-state index contributed by atoms with van der Waals surface area (Å²) in [4.78, 5) is 39.9. The first-order valence-corrected chi connectivity index (χ1v) is 9.26. The van der Waals surface area contributed by atoms with Gasteiger partial charge in [-0.1, -0.05) is 12.1 Å². The molecule has 28 heavy (non-hydrogen) atoms. The Balaban J connectivity index is 1.66. The molecule has 1 heterocycles. The fourth-order valence-electron chi connectivity index (χ4n) is 3.43. The normalized spacial score (nSPS) is 16.6. The second-order valence-electron chi connectivity index (χ2n) is 6.97. The fraction of sp³-hybridized carbons (Fsp3) is 0.318. The molecule has 1 unspecified atom stereocenters. The van der Waals surface area contributed by atoms with Crippen LogP contribution in [0.2, 0.25) is 0 Å². The van der Waals surface area contributed by atoms with E-state index >= 15 is 0 Å². The molecule has 2 aromatic rings. The van der Waals surface area contributed by atoms with Crippen LogP contribution in [0.1, 0.15) is 44.9 Å². The van der Waals surface area contributed by atoms with Crippen molar-refractivity contribution in [1.29, 1.82) is 0 Å². The standard InChI is InChI=1S/C22H24N2O4/c1-15-14-23(20-10-8-19(9-11-20)22(27)28-3)12-13-24(15)21(26)18-6-4-17(5-7-18)16(2)25/h4-11,15H,12-14H2,1-3H3. The summed E-state index contributed by atoms with van der Waals surface area (Å²) in [5, 5.41) is 0. The van der Waals surface area contributed by atoms with E-state index < -0.39 is 0 Å². The maximum Gasteiger partial charge on any atom is 0.337 e. The van der Waals surface area contributed by atoms with E-state index in [1.807, 2.05) is 24.0 Å². The highest BCUT2D eigenvalue weighted by Gasteiger charge is 2.28. The van der Waals surface area contributed by atoms with Crippen molar-refractivity contribution < 1.29 is 19.1 Å². The van der Waals surface area contributed by atoms with E-state index in [0.717, 1.165) is 5.69 Å². The summed E-state index contributed by atoms with van der Waals surface area (Å²) in [6.07, 6.45) is 0. The number of hydrogen-bond acceptors (Lipinski definition) is 5. The van der Waals surface area contributed by atoms with Gasteiger partial charge in [-0.15, -0.1) is 0 Å². The first-order chi connectivity index (χ1) is 13.4. The van der Waals surface area contributed by atoms with Gasteiger partial charge in [-0.25, -0.2) is 4.79 Å². The van der Waals surface area contributed by atoms with E-state index in [9.17, 15) is 14.4 Å². The lowest BCUT2D eigenvalue weighted by molar-refractivity contribution is 0.0599. The molecule has 6 heteroatoms. The van der Waals surface area contributed by atoms with Crippen molar-refractivity contribution >= 4 is 23.3 Å². The lowest BCUT2D eigenvalue weighted by Gasteiger charge is -2.41. The summed E-state index contributed by atoms with van der Waals surface area (Å²) in [6.45, 7) is 5.55.